The van der Waals surface area contributed by atoms with Gasteiger partial charge in [-0.3, -0.25) is 0 Å². The molecule has 0 aromatic heterocycles. The van der Waals surface area contributed by atoms with E-state index >= 15 is 0 Å². The number of nitrogens with zero attached hydrogens (tertiary/aromatic N) is 1. The van der Waals surface area contributed by atoms with Crippen molar-refractivity contribution in [3.8, 4) is 0 Å². The van der Waals surface area contributed by atoms with Crippen molar-refractivity contribution in [3.05, 3.63) is 0 Å². The van der Waals surface area contributed by atoms with Crippen LogP contribution in [0.4, 0.5) is 4.79 Å². The Morgan fingerprint density at radius 2 is 2.06 bits per heavy atom. The largest absolute Gasteiger partial charge is 0.444 e. The molecule has 1 rings (SSSR count). The molecule has 1 heterocycles. The Kier molecular flexibility index (Phi) is 4.65. The highest BCUT2D eigenvalue weighted by Crippen LogP contribution is 2.35. The fraction of sp³-hybridized carbons (Fsp3) is 0.929. The van der Waals surface area contributed by atoms with Gasteiger partial charge in [-0.15, -0.1) is 0 Å². The smallest absolute Gasteiger partial charge is 0.410 e. The molecule has 4 heteroatoms. The summed E-state index contributed by atoms with van der Waals surface area (Å²) in [7, 11) is 0. The first-order valence-corrected chi connectivity index (χ1v) is 6.91. The molecule has 18 heavy (non-hydrogen) atoms. The van der Waals surface area contributed by atoms with E-state index in [0.717, 1.165) is 25.8 Å². The Labute approximate surface area is 111 Å². The van der Waals surface area contributed by atoms with Gasteiger partial charge in [-0.2, -0.15) is 0 Å². The van der Waals surface area contributed by atoms with Gasteiger partial charge in [-0.05, 0) is 46.0 Å². The summed E-state index contributed by atoms with van der Waals surface area (Å²) in [5.41, 5.74) is 5.32. The normalized spacial score (nSPS) is 24.7. The van der Waals surface area contributed by atoms with E-state index < -0.39 is 5.60 Å². The average molecular weight is 256 g/mol. The van der Waals surface area contributed by atoms with Crippen LogP contribution >= 0.6 is 0 Å². The molecule has 1 fully saturated rings. The van der Waals surface area contributed by atoms with Gasteiger partial charge in [0.1, 0.15) is 5.60 Å². The molecule has 0 spiro atoms. The van der Waals surface area contributed by atoms with Gasteiger partial charge < -0.3 is 15.4 Å². The van der Waals surface area contributed by atoms with Gasteiger partial charge in [0.05, 0.1) is 5.54 Å². The zero-order valence-corrected chi connectivity index (χ0v) is 12.5. The zero-order chi connectivity index (χ0) is 14.0. The summed E-state index contributed by atoms with van der Waals surface area (Å²) < 4.78 is 5.49. The number of ether oxygens (including phenoxy) is 1. The maximum atomic E-state index is 12.3. The third-order valence-electron chi connectivity index (χ3n) is 3.38. The molecule has 0 aliphatic carbocycles. The van der Waals surface area contributed by atoms with Crippen molar-refractivity contribution in [1.29, 1.82) is 0 Å². The zero-order valence-electron chi connectivity index (χ0n) is 12.5. The van der Waals surface area contributed by atoms with Gasteiger partial charge in [0.15, 0.2) is 0 Å². The highest BCUT2D eigenvalue weighted by Gasteiger charge is 2.44. The summed E-state index contributed by atoms with van der Waals surface area (Å²) in [6, 6.07) is 0. The van der Waals surface area contributed by atoms with Gasteiger partial charge >= 0.3 is 6.09 Å². The van der Waals surface area contributed by atoms with Gasteiger partial charge in [-0.1, -0.05) is 13.8 Å². The van der Waals surface area contributed by atoms with E-state index in [2.05, 4.69) is 13.8 Å². The second kappa shape index (κ2) is 5.47. The minimum absolute atomic E-state index is 0.198. The summed E-state index contributed by atoms with van der Waals surface area (Å²) in [4.78, 5) is 14.1. The summed E-state index contributed by atoms with van der Waals surface area (Å²) in [5.74, 6) is 0.525. The van der Waals surface area contributed by atoms with Crippen LogP contribution in [0.2, 0.25) is 0 Å². The first-order valence-electron chi connectivity index (χ1n) is 6.91. The molecule has 1 atom stereocenters. The summed E-state index contributed by atoms with van der Waals surface area (Å²) in [6.45, 7) is 11.3. The quantitative estimate of drug-likeness (QED) is 0.844. The molecule has 1 saturated heterocycles. The molecule has 0 bridgehead atoms. The molecule has 1 aliphatic rings. The minimum Gasteiger partial charge on any atom is -0.444 e. The molecule has 0 radical (unpaired) electrons. The lowest BCUT2D eigenvalue weighted by Gasteiger charge is -2.39. The van der Waals surface area contributed by atoms with Crippen LogP contribution in [-0.2, 0) is 4.74 Å². The molecular weight excluding hydrogens is 228 g/mol. The van der Waals surface area contributed by atoms with Crippen LogP contribution in [0.5, 0.6) is 0 Å². The maximum Gasteiger partial charge on any atom is 0.410 e. The van der Waals surface area contributed by atoms with Crippen molar-refractivity contribution in [2.45, 2.75) is 65.0 Å². The Hall–Kier alpha value is -0.770. The Balaban J connectivity index is 2.82. The molecule has 106 valence electrons. The molecule has 1 aliphatic heterocycles. The van der Waals surface area contributed by atoms with E-state index in [1.165, 1.54) is 0 Å². The van der Waals surface area contributed by atoms with Crippen molar-refractivity contribution in [3.63, 3.8) is 0 Å². The highest BCUT2D eigenvalue weighted by molar-refractivity contribution is 5.69. The van der Waals surface area contributed by atoms with Crippen molar-refractivity contribution in [1.82, 2.24) is 4.90 Å². The lowest BCUT2D eigenvalue weighted by Crippen LogP contribution is -2.54. The molecule has 2 N–H and O–H groups in total. The number of nitrogens with two attached hydrogens (primary N) is 1. The van der Waals surface area contributed by atoms with Crippen molar-refractivity contribution < 1.29 is 9.53 Å². The van der Waals surface area contributed by atoms with Gasteiger partial charge in [0.25, 0.3) is 0 Å². The first-order chi connectivity index (χ1) is 8.20. The topological polar surface area (TPSA) is 55.6 Å². The lowest BCUT2D eigenvalue weighted by molar-refractivity contribution is 0.00567. The van der Waals surface area contributed by atoms with Gasteiger partial charge in [0.2, 0.25) is 0 Å². The second-order valence-electron chi connectivity index (χ2n) is 6.76. The Morgan fingerprint density at radius 1 is 1.44 bits per heavy atom. The third-order valence-corrected chi connectivity index (χ3v) is 3.38. The van der Waals surface area contributed by atoms with E-state index in [-0.39, 0.29) is 11.6 Å². The standard InChI is InChI=1S/C14H28N2O2/c1-11(2)9-14(10-15)7-6-8-16(14)12(17)18-13(3,4)5/h11H,6-10,15H2,1-5H3. The first kappa shape index (κ1) is 15.3. The molecule has 0 saturated carbocycles. The van der Waals surface area contributed by atoms with Crippen molar-refractivity contribution >= 4 is 6.09 Å². The van der Waals surface area contributed by atoms with Crippen molar-refractivity contribution in [2.24, 2.45) is 11.7 Å². The number of hydrogen-bond donors (Lipinski definition) is 1. The highest BCUT2D eigenvalue weighted by atomic mass is 16.6. The van der Waals surface area contributed by atoms with E-state index in [1.807, 2.05) is 25.7 Å². The maximum absolute atomic E-state index is 12.3. The predicted molar refractivity (Wildman–Crippen MR) is 73.4 cm³/mol. The number of hydrogen-bond acceptors (Lipinski definition) is 3. The molecule has 1 amide bonds. The minimum atomic E-state index is -0.447. The monoisotopic (exact) mass is 256 g/mol. The van der Waals surface area contributed by atoms with E-state index in [9.17, 15) is 4.79 Å². The van der Waals surface area contributed by atoms with Crippen LogP contribution in [0.1, 0.15) is 53.9 Å². The Bertz CT molecular complexity index is 297. The predicted octanol–water partition coefficient (Wildman–Crippen LogP) is 2.76. The average Bonchev–Trinajstić information content (AvgIpc) is 2.58. The van der Waals surface area contributed by atoms with Crippen LogP contribution in [-0.4, -0.2) is 35.2 Å². The number of rotatable bonds is 3. The van der Waals surface area contributed by atoms with Gasteiger partial charge in [-0.25, -0.2) is 4.79 Å². The van der Waals surface area contributed by atoms with E-state index in [1.54, 1.807) is 0 Å². The van der Waals surface area contributed by atoms with Crippen molar-refractivity contribution in [2.75, 3.05) is 13.1 Å². The summed E-state index contributed by atoms with van der Waals surface area (Å²) in [5, 5.41) is 0. The Morgan fingerprint density at radius 3 is 2.50 bits per heavy atom. The van der Waals surface area contributed by atoms with Gasteiger partial charge in [0, 0.05) is 13.1 Å². The number of amides is 1. The lowest BCUT2D eigenvalue weighted by atomic mass is 9.86. The SMILES string of the molecule is CC(C)CC1(CN)CCCN1C(=O)OC(C)(C)C. The number of carbonyl (C=O) groups excluding carboxylic acids is 1. The fourth-order valence-corrected chi connectivity index (χ4v) is 2.81. The number of carbonyl (C=O) groups is 1. The van der Waals surface area contributed by atoms with Crippen LogP contribution in [0.15, 0.2) is 0 Å². The molecule has 4 nitrogen and oxygen atoms in total. The molecule has 1 unspecified atom stereocenters. The summed E-state index contributed by atoms with van der Waals surface area (Å²) >= 11 is 0. The van der Waals surface area contributed by atoms with Crippen LogP contribution < -0.4 is 5.73 Å². The molecular formula is C14H28N2O2. The summed E-state index contributed by atoms with van der Waals surface area (Å²) in [6.07, 6.45) is 2.73. The van der Waals surface area contributed by atoms with E-state index in [4.69, 9.17) is 10.5 Å². The molecule has 0 aromatic carbocycles. The third kappa shape index (κ3) is 3.61. The fourth-order valence-electron chi connectivity index (χ4n) is 2.81. The van der Waals surface area contributed by atoms with Crippen LogP contribution in [0.25, 0.3) is 0 Å². The van der Waals surface area contributed by atoms with Crippen LogP contribution in [0, 0.1) is 5.92 Å². The second-order valence-corrected chi connectivity index (χ2v) is 6.76. The molecule has 0 aromatic rings. The van der Waals surface area contributed by atoms with Crippen LogP contribution in [0.3, 0.4) is 0 Å². The number of likely N-dealkylation sites (tertiary alicyclic amines) is 1. The van der Waals surface area contributed by atoms with E-state index in [0.29, 0.717) is 12.5 Å².